The molecule has 2 rings (SSSR count). The number of hydrogen-bond acceptors (Lipinski definition) is 3. The van der Waals surface area contributed by atoms with Crippen molar-refractivity contribution in [3.63, 3.8) is 0 Å². The zero-order valence-electron chi connectivity index (χ0n) is 12.3. The van der Waals surface area contributed by atoms with Gasteiger partial charge in [0.2, 0.25) is 0 Å². The molecule has 1 aliphatic rings. The Balaban J connectivity index is 2.48. The maximum absolute atomic E-state index is 12.4. The molecule has 1 heterocycles. The SMILES string of the molecule is CCC(C)(C)C(=O)Cn1c2c(cc(C#N)c1=O)CCC2. The van der Waals surface area contributed by atoms with E-state index in [1.54, 1.807) is 6.07 Å². The molecule has 20 heavy (non-hydrogen) atoms. The Hall–Kier alpha value is -1.89. The molecule has 0 atom stereocenters. The molecule has 0 bridgehead atoms. The maximum Gasteiger partial charge on any atom is 0.269 e. The highest BCUT2D eigenvalue weighted by molar-refractivity contribution is 5.83. The summed E-state index contributed by atoms with van der Waals surface area (Å²) in [6, 6.07) is 3.64. The Labute approximate surface area is 119 Å². The van der Waals surface area contributed by atoms with Crippen molar-refractivity contribution in [3.05, 3.63) is 33.2 Å². The highest BCUT2D eigenvalue weighted by Gasteiger charge is 2.28. The Kier molecular flexibility index (Phi) is 3.80. The zero-order valence-corrected chi connectivity index (χ0v) is 12.3. The standard InChI is InChI=1S/C16H20N2O2/c1-4-16(2,3)14(19)10-18-13-7-5-6-11(13)8-12(9-17)15(18)20/h8H,4-7,10H2,1-3H3. The molecule has 0 aliphatic heterocycles. The van der Waals surface area contributed by atoms with Gasteiger partial charge >= 0.3 is 0 Å². The molecule has 4 nitrogen and oxygen atoms in total. The molecule has 1 aliphatic carbocycles. The van der Waals surface area contributed by atoms with Crippen molar-refractivity contribution in [3.8, 4) is 6.07 Å². The highest BCUT2D eigenvalue weighted by atomic mass is 16.1. The molecular weight excluding hydrogens is 252 g/mol. The zero-order chi connectivity index (χ0) is 14.9. The lowest BCUT2D eigenvalue weighted by Gasteiger charge is -2.22. The van der Waals surface area contributed by atoms with Gasteiger partial charge in [0.1, 0.15) is 11.6 Å². The number of aryl methyl sites for hydroxylation is 1. The number of pyridine rings is 1. The van der Waals surface area contributed by atoms with Crippen LogP contribution in [0.4, 0.5) is 0 Å². The van der Waals surface area contributed by atoms with Gasteiger partial charge in [-0.1, -0.05) is 20.8 Å². The van der Waals surface area contributed by atoms with Gasteiger partial charge in [-0.2, -0.15) is 5.26 Å². The number of ketones is 1. The molecule has 0 radical (unpaired) electrons. The summed E-state index contributed by atoms with van der Waals surface area (Å²) in [4.78, 5) is 24.7. The molecule has 106 valence electrons. The van der Waals surface area contributed by atoms with Crippen LogP contribution in [0.3, 0.4) is 0 Å². The minimum absolute atomic E-state index is 0.0475. The van der Waals surface area contributed by atoms with E-state index in [1.165, 1.54) is 4.57 Å². The van der Waals surface area contributed by atoms with Gasteiger partial charge in [-0.05, 0) is 37.3 Å². The third kappa shape index (κ3) is 2.40. The average molecular weight is 272 g/mol. The fourth-order valence-electron chi connectivity index (χ4n) is 2.52. The average Bonchev–Trinajstić information content (AvgIpc) is 2.89. The molecule has 0 N–H and O–H groups in total. The lowest BCUT2D eigenvalue weighted by Crippen LogP contribution is -2.34. The molecular formula is C16H20N2O2. The summed E-state index contributed by atoms with van der Waals surface area (Å²) in [5, 5.41) is 9.07. The van der Waals surface area contributed by atoms with Gasteiger partial charge in [0.25, 0.3) is 5.56 Å². The second-order valence-electron chi connectivity index (χ2n) is 6.05. The summed E-state index contributed by atoms with van der Waals surface area (Å²) in [5.74, 6) is 0.0475. The van der Waals surface area contributed by atoms with E-state index in [9.17, 15) is 9.59 Å². The molecule has 1 aromatic heterocycles. The monoisotopic (exact) mass is 272 g/mol. The summed E-state index contributed by atoms with van der Waals surface area (Å²) < 4.78 is 1.53. The number of aromatic nitrogens is 1. The van der Waals surface area contributed by atoms with Crippen LogP contribution in [0.25, 0.3) is 0 Å². The smallest absolute Gasteiger partial charge is 0.269 e. The van der Waals surface area contributed by atoms with Crippen molar-refractivity contribution >= 4 is 5.78 Å². The van der Waals surface area contributed by atoms with E-state index < -0.39 is 5.41 Å². The quantitative estimate of drug-likeness (QED) is 0.844. The molecule has 0 unspecified atom stereocenters. The number of nitriles is 1. The first-order chi connectivity index (χ1) is 9.40. The lowest BCUT2D eigenvalue weighted by molar-refractivity contribution is -0.127. The first-order valence-electron chi connectivity index (χ1n) is 7.09. The highest BCUT2D eigenvalue weighted by Crippen LogP contribution is 2.25. The summed E-state index contributed by atoms with van der Waals surface area (Å²) in [6.45, 7) is 5.85. The maximum atomic E-state index is 12.4. The van der Waals surface area contributed by atoms with Crippen LogP contribution < -0.4 is 5.56 Å². The van der Waals surface area contributed by atoms with Gasteiger partial charge in [-0.15, -0.1) is 0 Å². The molecule has 0 spiro atoms. The van der Waals surface area contributed by atoms with E-state index in [2.05, 4.69) is 0 Å². The van der Waals surface area contributed by atoms with Gasteiger partial charge < -0.3 is 4.57 Å². The number of carbonyl (C=O) groups excluding carboxylic acids is 1. The van der Waals surface area contributed by atoms with E-state index >= 15 is 0 Å². The predicted octanol–water partition coefficient (Wildman–Crippen LogP) is 2.21. The number of hydrogen-bond donors (Lipinski definition) is 0. The van der Waals surface area contributed by atoms with Gasteiger partial charge in [-0.25, -0.2) is 0 Å². The van der Waals surface area contributed by atoms with E-state index in [0.717, 1.165) is 36.9 Å². The lowest BCUT2D eigenvalue weighted by atomic mass is 9.85. The molecule has 0 amide bonds. The van der Waals surface area contributed by atoms with Crippen LogP contribution in [-0.4, -0.2) is 10.4 Å². The summed E-state index contributed by atoms with van der Waals surface area (Å²) in [7, 11) is 0. The van der Waals surface area contributed by atoms with E-state index in [0.29, 0.717) is 0 Å². The van der Waals surface area contributed by atoms with Gasteiger partial charge in [0, 0.05) is 11.1 Å². The number of nitrogens with zero attached hydrogens (tertiary/aromatic N) is 2. The number of rotatable bonds is 4. The van der Waals surface area contributed by atoms with Crippen LogP contribution in [0.1, 0.15) is 50.4 Å². The molecule has 0 aromatic carbocycles. The van der Waals surface area contributed by atoms with Crippen LogP contribution in [0.5, 0.6) is 0 Å². The summed E-state index contributed by atoms with van der Waals surface area (Å²) in [5.41, 5.74) is 1.37. The minimum Gasteiger partial charge on any atom is -0.304 e. The van der Waals surface area contributed by atoms with Crippen molar-refractivity contribution in [1.82, 2.24) is 4.57 Å². The Bertz CT molecular complexity index is 648. The Morgan fingerprint density at radius 1 is 1.45 bits per heavy atom. The van der Waals surface area contributed by atoms with Gasteiger partial charge in [0.15, 0.2) is 5.78 Å². The van der Waals surface area contributed by atoms with Crippen LogP contribution in [0.2, 0.25) is 0 Å². The molecule has 0 saturated carbocycles. The Morgan fingerprint density at radius 3 is 2.75 bits per heavy atom. The van der Waals surface area contributed by atoms with Crippen molar-refractivity contribution in [2.24, 2.45) is 5.41 Å². The third-order valence-corrected chi connectivity index (χ3v) is 4.41. The van der Waals surface area contributed by atoms with Gasteiger partial charge in [-0.3, -0.25) is 9.59 Å². The molecule has 1 aromatic rings. The van der Waals surface area contributed by atoms with Crippen LogP contribution in [-0.2, 0) is 24.2 Å². The topological polar surface area (TPSA) is 62.9 Å². The van der Waals surface area contributed by atoms with E-state index in [4.69, 9.17) is 5.26 Å². The van der Waals surface area contributed by atoms with Crippen molar-refractivity contribution in [2.75, 3.05) is 0 Å². The Morgan fingerprint density at radius 2 is 2.15 bits per heavy atom. The van der Waals surface area contributed by atoms with Crippen molar-refractivity contribution in [1.29, 1.82) is 5.26 Å². The van der Waals surface area contributed by atoms with Crippen LogP contribution in [0, 0.1) is 16.7 Å². The number of Topliss-reactive ketones (excluding diaryl/α,β-unsaturated/α-hetero) is 1. The molecule has 4 heteroatoms. The van der Waals surface area contributed by atoms with Crippen LogP contribution in [0.15, 0.2) is 10.9 Å². The first-order valence-corrected chi connectivity index (χ1v) is 7.09. The second kappa shape index (κ2) is 5.24. The minimum atomic E-state index is -0.437. The second-order valence-corrected chi connectivity index (χ2v) is 6.05. The summed E-state index contributed by atoms with van der Waals surface area (Å²) in [6.07, 6.45) is 3.42. The summed E-state index contributed by atoms with van der Waals surface area (Å²) >= 11 is 0. The molecule has 0 saturated heterocycles. The van der Waals surface area contributed by atoms with E-state index in [1.807, 2.05) is 26.8 Å². The van der Waals surface area contributed by atoms with Crippen molar-refractivity contribution in [2.45, 2.75) is 53.0 Å². The van der Waals surface area contributed by atoms with Gasteiger partial charge in [0.05, 0.1) is 6.54 Å². The number of carbonyl (C=O) groups is 1. The third-order valence-electron chi connectivity index (χ3n) is 4.41. The van der Waals surface area contributed by atoms with E-state index in [-0.39, 0.29) is 23.5 Å². The first kappa shape index (κ1) is 14.5. The predicted molar refractivity (Wildman–Crippen MR) is 76.5 cm³/mol. The normalized spacial score (nSPS) is 13.9. The fourth-order valence-corrected chi connectivity index (χ4v) is 2.52. The fraction of sp³-hybridized carbons (Fsp3) is 0.562. The van der Waals surface area contributed by atoms with Crippen LogP contribution >= 0.6 is 0 Å². The largest absolute Gasteiger partial charge is 0.304 e. The van der Waals surface area contributed by atoms with Crippen molar-refractivity contribution < 1.29 is 4.79 Å². The number of fused-ring (bicyclic) bond motifs is 1. The molecule has 0 fully saturated rings.